The normalized spacial score (nSPS) is 15.1. The molecule has 1 fully saturated rings. The summed E-state index contributed by atoms with van der Waals surface area (Å²) >= 11 is 0. The van der Waals surface area contributed by atoms with Crippen LogP contribution in [0.25, 0.3) is 0 Å². The van der Waals surface area contributed by atoms with Crippen LogP contribution in [0.4, 0.5) is 18.9 Å². The minimum Gasteiger partial charge on any atom is -0.493 e. The Hall–Kier alpha value is -3.48. The molecule has 0 saturated heterocycles. The van der Waals surface area contributed by atoms with Gasteiger partial charge < -0.3 is 14.8 Å². The number of benzene rings is 3. The van der Waals surface area contributed by atoms with E-state index in [1.54, 1.807) is 24.3 Å². The first-order valence-corrected chi connectivity index (χ1v) is 11.2. The number of alkyl halides is 3. The zero-order valence-electron chi connectivity index (χ0n) is 18.8. The number of ether oxygens (including phenoxy) is 2. The van der Waals surface area contributed by atoms with Gasteiger partial charge in [0.15, 0.2) is 17.2 Å². The van der Waals surface area contributed by atoms with E-state index in [4.69, 9.17) is 9.47 Å². The molecule has 0 spiro atoms. The monoisotopic (exact) mass is 469 g/mol. The fourth-order valence-corrected chi connectivity index (χ4v) is 4.51. The quantitative estimate of drug-likeness (QED) is 0.392. The number of hydrogen-bond acceptors (Lipinski definition) is 3. The van der Waals surface area contributed by atoms with E-state index in [1.807, 2.05) is 30.3 Å². The average molecular weight is 470 g/mol. The number of amides is 1. The van der Waals surface area contributed by atoms with Crippen molar-refractivity contribution >= 4 is 11.6 Å². The summed E-state index contributed by atoms with van der Waals surface area (Å²) < 4.78 is 51.6. The van der Waals surface area contributed by atoms with Crippen LogP contribution in [0.2, 0.25) is 0 Å². The molecule has 1 aliphatic rings. The summed E-state index contributed by atoms with van der Waals surface area (Å²) in [4.78, 5) is 13.5. The Balaban J connectivity index is 1.70. The van der Waals surface area contributed by atoms with Crippen molar-refractivity contribution in [3.8, 4) is 17.2 Å². The fraction of sp³-hybridized carbons (Fsp3) is 0.296. The molecule has 0 aliphatic heterocycles. The van der Waals surface area contributed by atoms with E-state index >= 15 is 0 Å². The predicted octanol–water partition coefficient (Wildman–Crippen LogP) is 7.42. The lowest BCUT2D eigenvalue weighted by Crippen LogP contribution is -2.27. The van der Waals surface area contributed by atoms with Gasteiger partial charge in [-0.05, 0) is 54.7 Å². The predicted molar refractivity (Wildman–Crippen MR) is 124 cm³/mol. The highest BCUT2D eigenvalue weighted by Gasteiger charge is 2.34. The van der Waals surface area contributed by atoms with Gasteiger partial charge in [0.2, 0.25) is 5.91 Å². The van der Waals surface area contributed by atoms with E-state index in [0.29, 0.717) is 11.5 Å². The van der Waals surface area contributed by atoms with Crippen LogP contribution in [-0.2, 0) is 11.0 Å². The maximum absolute atomic E-state index is 13.5. The van der Waals surface area contributed by atoms with Crippen LogP contribution in [0.5, 0.6) is 17.2 Å². The maximum Gasteiger partial charge on any atom is 0.416 e. The van der Waals surface area contributed by atoms with Gasteiger partial charge in [-0.1, -0.05) is 55.3 Å². The molecule has 3 aromatic carbocycles. The van der Waals surface area contributed by atoms with Gasteiger partial charge >= 0.3 is 6.18 Å². The molecular weight excluding hydrogens is 443 g/mol. The number of hydrogen-bond donors (Lipinski definition) is 1. The van der Waals surface area contributed by atoms with Crippen LogP contribution in [0.3, 0.4) is 0 Å². The minimum absolute atomic E-state index is 0.0374. The molecule has 1 aliphatic carbocycles. The van der Waals surface area contributed by atoms with Crippen molar-refractivity contribution in [2.24, 2.45) is 5.92 Å². The van der Waals surface area contributed by atoms with Crippen LogP contribution < -0.4 is 14.8 Å². The van der Waals surface area contributed by atoms with Crippen LogP contribution in [0, 0.1) is 5.92 Å². The number of para-hydroxylation sites is 2. The molecule has 1 amide bonds. The van der Waals surface area contributed by atoms with Gasteiger partial charge in [-0.15, -0.1) is 0 Å². The summed E-state index contributed by atoms with van der Waals surface area (Å²) in [6.45, 7) is 0. The van der Waals surface area contributed by atoms with E-state index in [-0.39, 0.29) is 23.3 Å². The summed E-state index contributed by atoms with van der Waals surface area (Å²) in [6, 6.07) is 19.3. The zero-order valence-corrected chi connectivity index (χ0v) is 18.8. The second-order valence-corrected chi connectivity index (χ2v) is 8.38. The molecule has 4 nitrogen and oxygen atoms in total. The Morgan fingerprint density at radius 1 is 0.912 bits per heavy atom. The topological polar surface area (TPSA) is 47.6 Å². The average Bonchev–Trinajstić information content (AvgIpc) is 3.35. The SMILES string of the molecule is COc1ccccc1Oc1ccc(C(F)(F)F)cc1NC(=O)[C@@H](c1ccccc1)C1CCCC1. The third-order valence-corrected chi connectivity index (χ3v) is 6.17. The summed E-state index contributed by atoms with van der Waals surface area (Å²) in [7, 11) is 1.48. The molecule has 1 atom stereocenters. The maximum atomic E-state index is 13.5. The Morgan fingerprint density at radius 2 is 1.56 bits per heavy atom. The molecule has 1 N–H and O–H groups in total. The molecule has 7 heteroatoms. The van der Waals surface area contributed by atoms with E-state index in [0.717, 1.165) is 43.4 Å². The fourth-order valence-electron chi connectivity index (χ4n) is 4.51. The molecule has 4 rings (SSSR count). The van der Waals surface area contributed by atoms with Crippen molar-refractivity contribution in [1.29, 1.82) is 0 Å². The van der Waals surface area contributed by atoms with Gasteiger partial charge in [0, 0.05) is 0 Å². The van der Waals surface area contributed by atoms with Crippen molar-refractivity contribution in [2.75, 3.05) is 12.4 Å². The third kappa shape index (κ3) is 5.35. The Labute approximate surface area is 196 Å². The number of rotatable bonds is 7. The van der Waals surface area contributed by atoms with Gasteiger partial charge in [-0.25, -0.2) is 0 Å². The molecule has 3 aromatic rings. The number of halogens is 3. The molecule has 34 heavy (non-hydrogen) atoms. The second kappa shape index (κ2) is 10.2. The van der Waals surface area contributed by atoms with E-state index < -0.39 is 17.7 Å². The highest BCUT2D eigenvalue weighted by molar-refractivity contribution is 5.97. The van der Waals surface area contributed by atoms with Crippen LogP contribution in [-0.4, -0.2) is 13.0 Å². The third-order valence-electron chi connectivity index (χ3n) is 6.17. The smallest absolute Gasteiger partial charge is 0.416 e. The molecule has 0 bridgehead atoms. The Morgan fingerprint density at radius 3 is 2.21 bits per heavy atom. The first-order valence-electron chi connectivity index (χ1n) is 11.2. The highest BCUT2D eigenvalue weighted by atomic mass is 19.4. The van der Waals surface area contributed by atoms with Crippen LogP contribution in [0.1, 0.15) is 42.7 Å². The van der Waals surface area contributed by atoms with Crippen LogP contribution >= 0.6 is 0 Å². The summed E-state index contributed by atoms with van der Waals surface area (Å²) in [6.07, 6.45) is -0.687. The largest absolute Gasteiger partial charge is 0.493 e. The van der Waals surface area contributed by atoms with Gasteiger partial charge in [0.25, 0.3) is 0 Å². The number of nitrogens with one attached hydrogen (secondary N) is 1. The lowest BCUT2D eigenvalue weighted by Gasteiger charge is -2.24. The molecule has 178 valence electrons. The van der Waals surface area contributed by atoms with Gasteiger partial charge in [-0.2, -0.15) is 13.2 Å². The standard InChI is InChI=1S/C27H26F3NO3/c1-33-23-13-7-8-14-24(23)34-22-16-15-20(27(28,29)30)17-21(22)31-26(32)25(19-11-5-6-12-19)18-9-3-2-4-10-18/h2-4,7-10,13-17,19,25H,5-6,11-12H2,1H3,(H,31,32)/t25-/m0/s1. The van der Waals surface area contributed by atoms with Crippen molar-refractivity contribution in [3.63, 3.8) is 0 Å². The van der Waals surface area contributed by atoms with Crippen molar-refractivity contribution in [2.45, 2.75) is 37.8 Å². The summed E-state index contributed by atoms with van der Waals surface area (Å²) in [5.74, 6) is 0.180. The second-order valence-electron chi connectivity index (χ2n) is 8.38. The first-order chi connectivity index (χ1) is 16.4. The van der Waals surface area contributed by atoms with Crippen molar-refractivity contribution in [3.05, 3.63) is 83.9 Å². The number of methoxy groups -OCH3 is 1. The molecule has 0 aromatic heterocycles. The number of carbonyl (C=O) groups is 1. The molecular formula is C27H26F3NO3. The van der Waals surface area contributed by atoms with Gasteiger partial charge in [0.05, 0.1) is 24.3 Å². The Kier molecular flexibility index (Phi) is 7.10. The molecule has 0 heterocycles. The molecule has 0 radical (unpaired) electrons. The van der Waals surface area contributed by atoms with Crippen molar-refractivity contribution < 1.29 is 27.4 Å². The van der Waals surface area contributed by atoms with E-state index in [1.165, 1.54) is 13.2 Å². The summed E-state index contributed by atoms with van der Waals surface area (Å²) in [5.41, 5.74) is -0.0527. The van der Waals surface area contributed by atoms with Gasteiger partial charge in [0.1, 0.15) is 0 Å². The zero-order chi connectivity index (χ0) is 24.1. The van der Waals surface area contributed by atoms with Crippen molar-refractivity contribution in [1.82, 2.24) is 0 Å². The van der Waals surface area contributed by atoms with E-state index in [9.17, 15) is 18.0 Å². The van der Waals surface area contributed by atoms with Crippen LogP contribution in [0.15, 0.2) is 72.8 Å². The van der Waals surface area contributed by atoms with Gasteiger partial charge in [-0.3, -0.25) is 4.79 Å². The molecule has 1 saturated carbocycles. The number of anilines is 1. The summed E-state index contributed by atoms with van der Waals surface area (Å²) in [5, 5.41) is 2.75. The molecule has 0 unspecified atom stereocenters. The lowest BCUT2D eigenvalue weighted by atomic mass is 9.84. The first kappa shape index (κ1) is 23.7. The number of carbonyl (C=O) groups excluding carboxylic acids is 1. The van der Waals surface area contributed by atoms with E-state index in [2.05, 4.69) is 5.32 Å². The lowest BCUT2D eigenvalue weighted by molar-refractivity contribution is -0.137. The highest BCUT2D eigenvalue weighted by Crippen LogP contribution is 2.41. The minimum atomic E-state index is -4.56. The Bertz CT molecular complexity index is 1130.